The normalized spacial score (nSPS) is 23.7. The van der Waals surface area contributed by atoms with Crippen molar-refractivity contribution in [1.82, 2.24) is 0 Å². The largest absolute Gasteiger partial charge is 0.452 e. The average Bonchev–Trinajstić information content (AvgIpc) is 2.89. The Labute approximate surface area is 202 Å². The van der Waals surface area contributed by atoms with Crippen LogP contribution in [0.15, 0.2) is 91.0 Å². The first-order chi connectivity index (χ1) is 16.9. The first-order valence-electron chi connectivity index (χ1n) is 11.1. The predicted molar refractivity (Wildman–Crippen MR) is 123 cm³/mol. The lowest BCUT2D eigenvalue weighted by Crippen LogP contribution is -2.60. The molecule has 35 heavy (non-hydrogen) atoms. The molecule has 0 aromatic heterocycles. The highest BCUT2D eigenvalue weighted by molar-refractivity contribution is 5.91. The molecule has 0 radical (unpaired) electrons. The molecule has 8 heteroatoms. The van der Waals surface area contributed by atoms with E-state index in [4.69, 9.17) is 18.9 Å². The summed E-state index contributed by atoms with van der Waals surface area (Å²) in [4.78, 5) is 38.5. The number of ether oxygens (including phenoxy) is 4. The molecular weight excluding hydrogens is 452 g/mol. The van der Waals surface area contributed by atoms with Crippen molar-refractivity contribution in [3.63, 3.8) is 0 Å². The standard InChI is InChI=1S/C27H24O8/c1-17-21(33-24(28)18-11-5-2-6-12-18)22(34-25(29)19-13-7-3-8-14-19)23(27(31)32-17)35-26(30)20-15-9-4-10-16-20/h2-17,21-23,27,31H,1H3/t17-,21-,22-,23-,27-/m0/s1. The fourth-order valence-electron chi connectivity index (χ4n) is 3.71. The van der Waals surface area contributed by atoms with Crippen LogP contribution in [0.4, 0.5) is 0 Å². The summed E-state index contributed by atoms with van der Waals surface area (Å²) < 4.78 is 22.4. The van der Waals surface area contributed by atoms with E-state index in [0.717, 1.165) is 0 Å². The molecule has 1 aliphatic heterocycles. The summed E-state index contributed by atoms with van der Waals surface area (Å²) in [6.07, 6.45) is -6.48. The molecule has 0 spiro atoms. The van der Waals surface area contributed by atoms with Crippen LogP contribution in [-0.2, 0) is 18.9 Å². The van der Waals surface area contributed by atoms with Crippen LogP contribution >= 0.6 is 0 Å². The van der Waals surface area contributed by atoms with E-state index in [1.165, 1.54) is 0 Å². The second-order valence-corrected chi connectivity index (χ2v) is 7.94. The molecule has 8 nitrogen and oxygen atoms in total. The molecule has 1 aliphatic rings. The van der Waals surface area contributed by atoms with Crippen LogP contribution < -0.4 is 0 Å². The van der Waals surface area contributed by atoms with Gasteiger partial charge in [-0.25, -0.2) is 14.4 Å². The highest BCUT2D eigenvalue weighted by atomic mass is 16.7. The van der Waals surface area contributed by atoms with Gasteiger partial charge in [0.15, 0.2) is 24.6 Å². The third-order valence-electron chi connectivity index (χ3n) is 5.50. The molecule has 3 aromatic rings. The molecule has 1 fully saturated rings. The van der Waals surface area contributed by atoms with E-state index in [1.807, 2.05) is 0 Å². The van der Waals surface area contributed by atoms with Crippen LogP contribution in [0.3, 0.4) is 0 Å². The van der Waals surface area contributed by atoms with Crippen molar-refractivity contribution in [3.05, 3.63) is 108 Å². The first-order valence-corrected chi connectivity index (χ1v) is 11.1. The van der Waals surface area contributed by atoms with Gasteiger partial charge in [-0.3, -0.25) is 0 Å². The van der Waals surface area contributed by atoms with Gasteiger partial charge in [0, 0.05) is 0 Å². The lowest BCUT2D eigenvalue weighted by Gasteiger charge is -2.42. The Morgan fingerprint density at radius 1 is 0.600 bits per heavy atom. The molecular formula is C27H24O8. The maximum absolute atomic E-state index is 12.9. The van der Waals surface area contributed by atoms with E-state index in [9.17, 15) is 19.5 Å². The summed E-state index contributed by atoms with van der Waals surface area (Å²) in [5.74, 6) is -2.18. The van der Waals surface area contributed by atoms with Gasteiger partial charge in [0.05, 0.1) is 22.8 Å². The average molecular weight is 476 g/mol. The van der Waals surface area contributed by atoms with E-state index >= 15 is 0 Å². The molecule has 1 saturated heterocycles. The van der Waals surface area contributed by atoms with Gasteiger partial charge in [-0.05, 0) is 43.3 Å². The third kappa shape index (κ3) is 5.74. The van der Waals surface area contributed by atoms with Crippen LogP contribution in [0.1, 0.15) is 38.0 Å². The van der Waals surface area contributed by atoms with E-state index < -0.39 is 48.6 Å². The summed E-state index contributed by atoms with van der Waals surface area (Å²) in [6.45, 7) is 1.56. The third-order valence-corrected chi connectivity index (χ3v) is 5.50. The predicted octanol–water partition coefficient (Wildman–Crippen LogP) is 3.40. The minimum atomic E-state index is -1.63. The van der Waals surface area contributed by atoms with E-state index in [1.54, 1.807) is 97.9 Å². The molecule has 1 heterocycles. The van der Waals surface area contributed by atoms with Gasteiger partial charge in [0.2, 0.25) is 0 Å². The first kappa shape index (κ1) is 24.1. The Balaban J connectivity index is 1.63. The second-order valence-electron chi connectivity index (χ2n) is 7.94. The van der Waals surface area contributed by atoms with Gasteiger partial charge in [-0.2, -0.15) is 0 Å². The number of benzene rings is 3. The molecule has 0 aliphatic carbocycles. The number of rotatable bonds is 6. The fraction of sp³-hybridized carbons (Fsp3) is 0.222. The topological polar surface area (TPSA) is 108 Å². The SMILES string of the molecule is C[C@@H]1O[C@H](O)[C@@H](OC(=O)c2ccccc2)[C@@H](OC(=O)c2ccccc2)[C@H]1OC(=O)c1ccccc1. The Hall–Kier alpha value is -4.01. The number of aliphatic hydroxyl groups is 1. The maximum atomic E-state index is 12.9. The van der Waals surface area contributed by atoms with Crippen molar-refractivity contribution in [2.24, 2.45) is 0 Å². The number of esters is 3. The maximum Gasteiger partial charge on any atom is 0.338 e. The molecule has 1 N–H and O–H groups in total. The number of hydrogen-bond donors (Lipinski definition) is 1. The van der Waals surface area contributed by atoms with Crippen LogP contribution in [0.5, 0.6) is 0 Å². The van der Waals surface area contributed by atoms with Crippen molar-refractivity contribution in [2.45, 2.75) is 37.6 Å². The van der Waals surface area contributed by atoms with Crippen molar-refractivity contribution < 1.29 is 38.4 Å². The Bertz CT molecular complexity index is 1080. The molecule has 0 saturated carbocycles. The molecule has 3 aromatic carbocycles. The number of carbonyl (C=O) groups excluding carboxylic acids is 3. The summed E-state index contributed by atoms with van der Waals surface area (Å²) in [7, 11) is 0. The highest BCUT2D eigenvalue weighted by Crippen LogP contribution is 2.29. The van der Waals surface area contributed by atoms with Gasteiger partial charge >= 0.3 is 17.9 Å². The van der Waals surface area contributed by atoms with Crippen molar-refractivity contribution in [1.29, 1.82) is 0 Å². The zero-order valence-corrected chi connectivity index (χ0v) is 18.9. The summed E-state index contributed by atoms with van der Waals surface area (Å²) in [5.41, 5.74) is 0.739. The Kier molecular flexibility index (Phi) is 7.54. The molecule has 180 valence electrons. The lowest BCUT2D eigenvalue weighted by molar-refractivity contribution is -0.275. The van der Waals surface area contributed by atoms with Crippen LogP contribution in [-0.4, -0.2) is 53.7 Å². The zero-order chi connectivity index (χ0) is 24.8. The van der Waals surface area contributed by atoms with Crippen molar-refractivity contribution in [3.8, 4) is 0 Å². The Morgan fingerprint density at radius 3 is 1.34 bits per heavy atom. The second kappa shape index (κ2) is 10.9. The monoisotopic (exact) mass is 476 g/mol. The summed E-state index contributed by atoms with van der Waals surface area (Å²) >= 11 is 0. The molecule has 0 bridgehead atoms. The van der Waals surface area contributed by atoms with Crippen molar-refractivity contribution in [2.75, 3.05) is 0 Å². The minimum absolute atomic E-state index is 0.226. The molecule has 0 amide bonds. The van der Waals surface area contributed by atoms with E-state index in [0.29, 0.717) is 0 Å². The van der Waals surface area contributed by atoms with Crippen LogP contribution in [0, 0.1) is 0 Å². The smallest absolute Gasteiger partial charge is 0.338 e. The summed E-state index contributed by atoms with van der Waals surface area (Å²) in [6, 6.07) is 24.6. The molecule has 4 rings (SSSR count). The molecule has 0 unspecified atom stereocenters. The number of hydrogen-bond acceptors (Lipinski definition) is 8. The number of carbonyl (C=O) groups is 3. The van der Waals surface area contributed by atoms with Crippen LogP contribution in [0.2, 0.25) is 0 Å². The quantitative estimate of drug-likeness (QED) is 0.426. The summed E-state index contributed by atoms with van der Waals surface area (Å²) in [5, 5.41) is 10.6. The van der Waals surface area contributed by atoms with Gasteiger partial charge in [-0.1, -0.05) is 54.6 Å². The van der Waals surface area contributed by atoms with E-state index in [2.05, 4.69) is 0 Å². The molecule has 5 atom stereocenters. The van der Waals surface area contributed by atoms with Gasteiger partial charge in [0.25, 0.3) is 0 Å². The minimum Gasteiger partial charge on any atom is -0.452 e. The zero-order valence-electron chi connectivity index (χ0n) is 18.9. The van der Waals surface area contributed by atoms with Crippen molar-refractivity contribution >= 4 is 17.9 Å². The fourth-order valence-corrected chi connectivity index (χ4v) is 3.71. The van der Waals surface area contributed by atoms with E-state index in [-0.39, 0.29) is 16.7 Å². The highest BCUT2D eigenvalue weighted by Gasteiger charge is 2.50. The van der Waals surface area contributed by atoms with Crippen LogP contribution in [0.25, 0.3) is 0 Å². The van der Waals surface area contributed by atoms with Gasteiger partial charge in [-0.15, -0.1) is 0 Å². The number of aliphatic hydroxyl groups excluding tert-OH is 1. The Morgan fingerprint density at radius 2 is 0.943 bits per heavy atom. The van der Waals surface area contributed by atoms with Gasteiger partial charge < -0.3 is 24.1 Å². The lowest BCUT2D eigenvalue weighted by atomic mass is 9.98. The van der Waals surface area contributed by atoms with Gasteiger partial charge in [0.1, 0.15) is 0 Å².